The maximum absolute atomic E-state index is 12.2. The molecule has 0 aliphatic heterocycles. The predicted octanol–water partition coefficient (Wildman–Crippen LogP) is 2.06. The van der Waals surface area contributed by atoms with Gasteiger partial charge in [0.2, 0.25) is 0 Å². The van der Waals surface area contributed by atoms with Gasteiger partial charge in [-0.15, -0.1) is 0 Å². The number of rotatable bonds is 5. The van der Waals surface area contributed by atoms with Crippen molar-refractivity contribution in [2.75, 3.05) is 0 Å². The van der Waals surface area contributed by atoms with Crippen LogP contribution >= 0.6 is 0 Å². The van der Waals surface area contributed by atoms with Crippen LogP contribution in [0.1, 0.15) is 26.0 Å². The molecule has 4 nitrogen and oxygen atoms in total. The molecule has 0 radical (unpaired) electrons. The second-order valence-electron chi connectivity index (χ2n) is 5.14. The van der Waals surface area contributed by atoms with Crippen molar-refractivity contribution in [3.63, 3.8) is 0 Å². The van der Waals surface area contributed by atoms with Gasteiger partial charge in [-0.2, -0.15) is 5.10 Å². The minimum Gasteiger partial charge on any atom is -0.321 e. The van der Waals surface area contributed by atoms with Crippen molar-refractivity contribution in [1.29, 1.82) is 0 Å². The number of hydrogen-bond acceptors (Lipinski definition) is 3. The van der Waals surface area contributed by atoms with Crippen LogP contribution in [0.2, 0.25) is 0 Å². The molecule has 0 aliphatic carbocycles. The monoisotopic (exact) mass is 259 g/mol. The average molecular weight is 259 g/mol. The lowest BCUT2D eigenvalue weighted by Gasteiger charge is -2.16. The molecule has 19 heavy (non-hydrogen) atoms. The number of benzene rings is 1. The molecule has 0 saturated carbocycles. The Bertz CT molecular complexity index is 588. The van der Waals surface area contributed by atoms with Crippen LogP contribution in [0.4, 0.5) is 0 Å². The molecule has 0 amide bonds. The van der Waals surface area contributed by atoms with Gasteiger partial charge in [-0.3, -0.25) is 9.48 Å². The van der Waals surface area contributed by atoms with Crippen LogP contribution in [0, 0.1) is 5.92 Å². The van der Waals surface area contributed by atoms with E-state index >= 15 is 0 Å². The van der Waals surface area contributed by atoms with E-state index < -0.39 is 6.04 Å². The summed E-state index contributed by atoms with van der Waals surface area (Å²) in [6.07, 6.45) is 1.22. The highest BCUT2D eigenvalue weighted by Crippen LogP contribution is 2.19. The Labute approximate surface area is 113 Å². The van der Waals surface area contributed by atoms with Gasteiger partial charge in [0.05, 0.1) is 23.7 Å². The van der Waals surface area contributed by atoms with Crippen molar-refractivity contribution < 1.29 is 4.79 Å². The first-order valence-corrected chi connectivity index (χ1v) is 6.73. The zero-order chi connectivity index (χ0) is 14.0. The fourth-order valence-electron chi connectivity index (χ4n) is 2.27. The molecule has 1 aromatic heterocycles. The van der Waals surface area contributed by atoms with Crippen LogP contribution < -0.4 is 5.73 Å². The van der Waals surface area contributed by atoms with E-state index in [1.807, 2.05) is 49.8 Å². The van der Waals surface area contributed by atoms with Gasteiger partial charge in [0, 0.05) is 12.4 Å². The SMILES string of the molecule is CCC(C)C(N)C(=O)Cc1nn(C)c2ccccc12. The second kappa shape index (κ2) is 5.53. The first-order chi connectivity index (χ1) is 9.04. The van der Waals surface area contributed by atoms with E-state index in [0.717, 1.165) is 23.0 Å². The maximum Gasteiger partial charge on any atom is 0.155 e. The molecule has 0 fully saturated rings. The molecule has 2 unspecified atom stereocenters. The molecule has 2 atom stereocenters. The molecule has 102 valence electrons. The van der Waals surface area contributed by atoms with E-state index in [-0.39, 0.29) is 11.7 Å². The number of ketones is 1. The standard InChI is InChI=1S/C15H21N3O/c1-4-10(2)15(16)14(19)9-12-11-7-5-6-8-13(11)18(3)17-12/h5-8,10,15H,4,9,16H2,1-3H3. The lowest BCUT2D eigenvalue weighted by Crippen LogP contribution is -2.37. The zero-order valence-electron chi connectivity index (χ0n) is 11.8. The van der Waals surface area contributed by atoms with Gasteiger partial charge in [0.15, 0.2) is 5.78 Å². The minimum atomic E-state index is -0.397. The maximum atomic E-state index is 12.2. The van der Waals surface area contributed by atoms with Crippen molar-refractivity contribution in [1.82, 2.24) is 9.78 Å². The molecule has 1 heterocycles. The summed E-state index contributed by atoms with van der Waals surface area (Å²) < 4.78 is 1.81. The molecular weight excluding hydrogens is 238 g/mol. The number of carbonyl (C=O) groups is 1. The van der Waals surface area contributed by atoms with E-state index in [9.17, 15) is 4.79 Å². The predicted molar refractivity (Wildman–Crippen MR) is 76.9 cm³/mol. The average Bonchev–Trinajstić information content (AvgIpc) is 2.74. The second-order valence-corrected chi connectivity index (χ2v) is 5.14. The van der Waals surface area contributed by atoms with Crippen molar-refractivity contribution in [3.05, 3.63) is 30.0 Å². The van der Waals surface area contributed by atoms with Crippen LogP contribution in [0.5, 0.6) is 0 Å². The number of fused-ring (bicyclic) bond motifs is 1. The van der Waals surface area contributed by atoms with E-state index in [2.05, 4.69) is 5.10 Å². The third kappa shape index (κ3) is 2.68. The van der Waals surface area contributed by atoms with Crippen LogP contribution in [0.3, 0.4) is 0 Å². The lowest BCUT2D eigenvalue weighted by molar-refractivity contribution is -0.120. The molecule has 0 spiro atoms. The molecule has 0 bridgehead atoms. The summed E-state index contributed by atoms with van der Waals surface area (Å²) in [7, 11) is 1.89. The van der Waals surface area contributed by atoms with Crippen molar-refractivity contribution >= 4 is 16.7 Å². The first-order valence-electron chi connectivity index (χ1n) is 6.73. The summed E-state index contributed by atoms with van der Waals surface area (Å²) in [5.74, 6) is 0.278. The largest absolute Gasteiger partial charge is 0.321 e. The topological polar surface area (TPSA) is 60.9 Å². The molecule has 2 N–H and O–H groups in total. The molecule has 2 aromatic rings. The summed E-state index contributed by atoms with van der Waals surface area (Å²) in [5, 5.41) is 5.47. The number of hydrogen-bond donors (Lipinski definition) is 1. The number of nitrogens with two attached hydrogens (primary N) is 1. The third-order valence-electron chi connectivity index (χ3n) is 3.80. The van der Waals surface area contributed by atoms with Crippen molar-refractivity contribution in [2.24, 2.45) is 18.7 Å². The lowest BCUT2D eigenvalue weighted by atomic mass is 9.94. The number of Topliss-reactive ketones (excluding diaryl/α,β-unsaturated/α-hetero) is 1. The molecule has 0 aliphatic rings. The zero-order valence-corrected chi connectivity index (χ0v) is 11.8. The van der Waals surface area contributed by atoms with Crippen molar-refractivity contribution in [3.8, 4) is 0 Å². The molecule has 1 aromatic carbocycles. The van der Waals surface area contributed by atoms with Crippen LogP contribution in [0.15, 0.2) is 24.3 Å². The van der Waals surface area contributed by atoms with Crippen LogP contribution in [0.25, 0.3) is 10.9 Å². The van der Waals surface area contributed by atoms with Crippen LogP contribution in [-0.2, 0) is 18.3 Å². The Morgan fingerprint density at radius 1 is 1.42 bits per heavy atom. The highest BCUT2D eigenvalue weighted by atomic mass is 16.1. The Morgan fingerprint density at radius 3 is 2.79 bits per heavy atom. The Kier molecular flexibility index (Phi) is 4.00. The number of carbonyl (C=O) groups excluding carboxylic acids is 1. The summed E-state index contributed by atoms with van der Waals surface area (Å²) >= 11 is 0. The van der Waals surface area contributed by atoms with Gasteiger partial charge < -0.3 is 5.73 Å². The highest BCUT2D eigenvalue weighted by Gasteiger charge is 2.21. The van der Waals surface area contributed by atoms with E-state index in [0.29, 0.717) is 6.42 Å². The summed E-state index contributed by atoms with van der Waals surface area (Å²) in [6.45, 7) is 4.06. The third-order valence-corrected chi connectivity index (χ3v) is 3.80. The van der Waals surface area contributed by atoms with Gasteiger partial charge in [-0.1, -0.05) is 38.5 Å². The van der Waals surface area contributed by atoms with Crippen LogP contribution in [-0.4, -0.2) is 21.6 Å². The molecule has 0 saturated heterocycles. The van der Waals surface area contributed by atoms with Crippen molar-refractivity contribution in [2.45, 2.75) is 32.7 Å². The Hall–Kier alpha value is -1.68. The van der Waals surface area contributed by atoms with Gasteiger partial charge in [0.25, 0.3) is 0 Å². The summed E-state index contributed by atoms with van der Waals surface area (Å²) in [5.41, 5.74) is 7.85. The number of aryl methyl sites for hydroxylation is 1. The van der Waals surface area contributed by atoms with Gasteiger partial charge in [0.1, 0.15) is 0 Å². The normalized spacial score (nSPS) is 14.5. The Balaban J connectivity index is 2.24. The molecule has 2 rings (SSSR count). The van der Waals surface area contributed by atoms with E-state index in [1.54, 1.807) is 0 Å². The Morgan fingerprint density at radius 2 is 2.11 bits per heavy atom. The number of aromatic nitrogens is 2. The summed E-state index contributed by atoms with van der Waals surface area (Å²) in [6, 6.07) is 7.54. The fraction of sp³-hybridized carbons (Fsp3) is 0.467. The molecular formula is C15H21N3O. The quantitative estimate of drug-likeness (QED) is 0.894. The van der Waals surface area contributed by atoms with E-state index in [1.165, 1.54) is 0 Å². The first kappa shape index (κ1) is 13.7. The highest BCUT2D eigenvalue weighted by molar-refractivity contribution is 5.91. The number of para-hydroxylation sites is 1. The van der Waals surface area contributed by atoms with Gasteiger partial charge >= 0.3 is 0 Å². The van der Waals surface area contributed by atoms with E-state index in [4.69, 9.17) is 5.73 Å². The smallest absolute Gasteiger partial charge is 0.155 e. The fourth-order valence-corrected chi connectivity index (χ4v) is 2.27. The summed E-state index contributed by atoms with van der Waals surface area (Å²) in [4.78, 5) is 12.2. The van der Waals surface area contributed by atoms with Gasteiger partial charge in [-0.25, -0.2) is 0 Å². The van der Waals surface area contributed by atoms with Gasteiger partial charge in [-0.05, 0) is 12.0 Å². The number of nitrogens with zero attached hydrogens (tertiary/aromatic N) is 2. The minimum absolute atomic E-state index is 0.0678. The molecule has 4 heteroatoms.